The average Bonchev–Trinajstić information content (AvgIpc) is 3.52. The van der Waals surface area contributed by atoms with Gasteiger partial charge in [0.25, 0.3) is 17.5 Å². The average molecular weight is 557 g/mol. The maximum Gasteiger partial charge on any atom is 0.352 e. The highest BCUT2D eigenvalue weighted by Gasteiger charge is 2.54. The normalized spacial score (nSPS) is 19.3. The van der Waals surface area contributed by atoms with Crippen LogP contribution in [-0.4, -0.2) is 66.7 Å². The van der Waals surface area contributed by atoms with Gasteiger partial charge in [-0.15, -0.1) is 23.1 Å². The summed E-state index contributed by atoms with van der Waals surface area (Å²) in [6, 6.07) is 4.83. The third kappa shape index (κ3) is 4.84. The number of rotatable bonds is 10. The first-order valence-corrected chi connectivity index (χ1v) is 13.9. The van der Waals surface area contributed by atoms with Gasteiger partial charge >= 0.3 is 5.97 Å². The number of carboxylic acids is 1. The zero-order valence-corrected chi connectivity index (χ0v) is 22.1. The van der Waals surface area contributed by atoms with Gasteiger partial charge in [-0.3, -0.25) is 14.5 Å². The number of nitrogen functional groups attached to an aromatic ring is 1. The number of carbonyl (C=O) groups excluding carboxylic acids is 2. The van der Waals surface area contributed by atoms with Crippen LogP contribution in [0.4, 0.5) is 5.13 Å². The number of nitrogens with two attached hydrogens (primary N) is 1. The van der Waals surface area contributed by atoms with E-state index in [9.17, 15) is 19.5 Å². The van der Waals surface area contributed by atoms with Crippen molar-refractivity contribution in [1.29, 1.82) is 0 Å². The van der Waals surface area contributed by atoms with Crippen molar-refractivity contribution >= 4 is 57.4 Å². The van der Waals surface area contributed by atoms with Crippen molar-refractivity contribution < 1.29 is 28.9 Å². The van der Waals surface area contributed by atoms with E-state index in [0.29, 0.717) is 24.5 Å². The lowest BCUT2D eigenvalue weighted by atomic mass is 10.0. The first kappa shape index (κ1) is 25.7. The molecule has 0 saturated carbocycles. The Bertz CT molecular complexity index is 1460. The molecule has 0 radical (unpaired) electrons. The van der Waals surface area contributed by atoms with Gasteiger partial charge in [0.05, 0.1) is 6.20 Å². The third-order valence-corrected chi connectivity index (χ3v) is 8.20. The Morgan fingerprint density at radius 2 is 2.21 bits per heavy atom. The Kier molecular flexibility index (Phi) is 7.33. The van der Waals surface area contributed by atoms with Gasteiger partial charge in [0.2, 0.25) is 0 Å². The number of anilines is 1. The monoisotopic (exact) mass is 556 g/mol. The van der Waals surface area contributed by atoms with Crippen LogP contribution in [0.25, 0.3) is 5.65 Å². The van der Waals surface area contributed by atoms with E-state index in [2.05, 4.69) is 15.5 Å². The van der Waals surface area contributed by atoms with Crippen molar-refractivity contribution in [2.45, 2.75) is 37.7 Å². The summed E-state index contributed by atoms with van der Waals surface area (Å²) in [6.45, 7) is 2.65. The maximum atomic E-state index is 13.2. The molecule has 0 spiro atoms. The van der Waals surface area contributed by atoms with Gasteiger partial charge in [-0.25, -0.2) is 18.7 Å². The zero-order chi connectivity index (χ0) is 26.8. The molecule has 1 fully saturated rings. The molecule has 5 heterocycles. The van der Waals surface area contributed by atoms with Crippen LogP contribution < -0.4 is 15.6 Å². The predicted molar refractivity (Wildman–Crippen MR) is 141 cm³/mol. The van der Waals surface area contributed by atoms with Crippen LogP contribution in [0.15, 0.2) is 58.6 Å². The van der Waals surface area contributed by atoms with E-state index >= 15 is 0 Å². The third-order valence-electron chi connectivity index (χ3n) is 6.19. The van der Waals surface area contributed by atoms with Gasteiger partial charge in [0.15, 0.2) is 10.8 Å². The number of unbranched alkanes of at least 4 members (excludes halogenated alkanes) is 1. The molecule has 0 bridgehead atoms. The Hall–Kier alpha value is -3.91. The number of carbonyl (C=O) groups is 3. The van der Waals surface area contributed by atoms with E-state index in [1.54, 1.807) is 5.38 Å². The fourth-order valence-electron chi connectivity index (χ4n) is 4.32. The number of hydrogen-bond acceptors (Lipinski definition) is 9. The second-order valence-electron chi connectivity index (χ2n) is 8.71. The molecule has 198 valence electrons. The fraction of sp³-hybridized carbons (Fsp3) is 0.333. The molecule has 2 aliphatic rings. The number of nitrogens with one attached hydrogen (secondary N) is 1. The number of thiazole rings is 1. The smallest absolute Gasteiger partial charge is 0.352 e. The molecule has 38 heavy (non-hydrogen) atoms. The summed E-state index contributed by atoms with van der Waals surface area (Å²) in [5.41, 5.74) is 7.35. The Morgan fingerprint density at radius 3 is 2.95 bits per heavy atom. The first-order valence-electron chi connectivity index (χ1n) is 12.0. The molecule has 2 amide bonds. The lowest BCUT2D eigenvalue weighted by molar-refractivity contribution is -0.662. The van der Waals surface area contributed by atoms with Crippen LogP contribution in [0.1, 0.15) is 25.5 Å². The summed E-state index contributed by atoms with van der Waals surface area (Å²) in [5, 5.41) is 18.0. The van der Waals surface area contributed by atoms with E-state index in [1.807, 2.05) is 52.7 Å². The SMILES string of the molecule is CCCCON=C(C(=O)N[C@@H]1C(=O)N2C(C(=O)O)=C(C[n+]3ccn4ccccc43)CS[C@@H]12)c1csc(N)n1. The fourth-order valence-corrected chi connectivity index (χ4v) is 6.20. The van der Waals surface area contributed by atoms with Crippen LogP contribution in [0.5, 0.6) is 0 Å². The minimum atomic E-state index is -1.18. The molecule has 1 saturated heterocycles. The highest BCUT2D eigenvalue weighted by Crippen LogP contribution is 2.40. The number of thioether (sulfide) groups is 1. The van der Waals surface area contributed by atoms with Crippen molar-refractivity contribution in [3.05, 3.63) is 59.1 Å². The number of oxime groups is 1. The molecule has 0 aromatic carbocycles. The summed E-state index contributed by atoms with van der Waals surface area (Å²) < 4.78 is 3.87. The zero-order valence-electron chi connectivity index (χ0n) is 20.4. The largest absolute Gasteiger partial charge is 0.477 e. The minimum Gasteiger partial charge on any atom is -0.477 e. The van der Waals surface area contributed by atoms with Gasteiger partial charge in [0, 0.05) is 22.8 Å². The van der Waals surface area contributed by atoms with E-state index in [4.69, 9.17) is 10.6 Å². The van der Waals surface area contributed by atoms with E-state index in [0.717, 1.165) is 29.8 Å². The van der Waals surface area contributed by atoms with E-state index in [-0.39, 0.29) is 22.2 Å². The van der Waals surface area contributed by atoms with Crippen LogP contribution >= 0.6 is 23.1 Å². The summed E-state index contributed by atoms with van der Waals surface area (Å²) in [7, 11) is 0. The molecule has 2 aliphatic heterocycles. The lowest BCUT2D eigenvalue weighted by Crippen LogP contribution is -2.71. The minimum absolute atomic E-state index is 0.0453. The van der Waals surface area contributed by atoms with Crippen molar-refractivity contribution in [2.75, 3.05) is 18.1 Å². The molecule has 0 aliphatic carbocycles. The second kappa shape index (κ2) is 10.8. The Morgan fingerprint density at radius 1 is 1.37 bits per heavy atom. The molecule has 14 heteroatoms. The predicted octanol–water partition coefficient (Wildman–Crippen LogP) is 1.23. The molecule has 12 nitrogen and oxygen atoms in total. The van der Waals surface area contributed by atoms with Crippen molar-refractivity contribution in [3.8, 4) is 0 Å². The van der Waals surface area contributed by atoms with Crippen molar-refractivity contribution in [2.24, 2.45) is 5.16 Å². The number of aliphatic carboxylic acids is 1. The number of nitrogens with zero attached hydrogens (tertiary/aromatic N) is 5. The number of hydrogen-bond donors (Lipinski definition) is 3. The lowest BCUT2D eigenvalue weighted by Gasteiger charge is -2.49. The highest BCUT2D eigenvalue weighted by molar-refractivity contribution is 8.00. The Labute approximate surface area is 225 Å². The number of pyridine rings is 1. The van der Waals surface area contributed by atoms with Crippen LogP contribution in [0.3, 0.4) is 0 Å². The van der Waals surface area contributed by atoms with E-state index < -0.39 is 29.2 Å². The summed E-state index contributed by atoms with van der Waals surface area (Å²) >= 11 is 2.56. The summed E-state index contributed by atoms with van der Waals surface area (Å²) in [5.74, 6) is -1.94. The van der Waals surface area contributed by atoms with Crippen LogP contribution in [0.2, 0.25) is 0 Å². The number of imidazole rings is 1. The number of amides is 2. The standard InChI is InChI=1S/C24H25N7O5S2/c1-2-3-10-36-28-17(15-13-38-24(25)26-15)20(32)27-18-21(33)31-19(23(34)35)14(12-37-22(18)31)11-30-9-8-29-7-5-4-6-16(29)30/h4-9,13,18,22H,2-3,10-12H2,1H3,(H3-,25,26,27,32,34,35)/p+1/t18-,22+/m1/s1. The van der Waals surface area contributed by atoms with Crippen LogP contribution in [0, 0.1) is 0 Å². The summed E-state index contributed by atoms with van der Waals surface area (Å²) in [4.78, 5) is 49.2. The molecule has 0 unspecified atom stereocenters. The number of fused-ring (bicyclic) bond motifs is 2. The molecule has 5 rings (SSSR count). The molecule has 4 N–H and O–H groups in total. The van der Waals surface area contributed by atoms with Gasteiger partial charge in [-0.05, 0) is 12.5 Å². The Balaban J connectivity index is 1.34. The van der Waals surface area contributed by atoms with Gasteiger partial charge < -0.3 is 21.0 Å². The molecule has 2 atom stereocenters. The maximum absolute atomic E-state index is 13.2. The van der Waals surface area contributed by atoms with Gasteiger partial charge in [-0.2, -0.15) is 0 Å². The number of aromatic nitrogens is 3. The molecular weight excluding hydrogens is 530 g/mol. The first-order chi connectivity index (χ1) is 18.4. The topological polar surface area (TPSA) is 156 Å². The summed E-state index contributed by atoms with van der Waals surface area (Å²) in [6.07, 6.45) is 7.32. The molecular formula is C24H26N7O5S2+. The van der Waals surface area contributed by atoms with Gasteiger partial charge in [0.1, 0.15) is 48.4 Å². The van der Waals surface area contributed by atoms with E-state index in [1.165, 1.54) is 16.7 Å². The number of β-lactam (4-membered cyclic amide) rings is 1. The van der Waals surface area contributed by atoms with Crippen molar-refractivity contribution in [3.63, 3.8) is 0 Å². The second-order valence-corrected chi connectivity index (χ2v) is 10.7. The van der Waals surface area contributed by atoms with Gasteiger partial charge in [-0.1, -0.05) is 24.6 Å². The molecule has 3 aromatic rings. The quantitative estimate of drug-likeness (QED) is 0.111. The van der Waals surface area contributed by atoms with Crippen LogP contribution in [-0.2, 0) is 25.8 Å². The highest BCUT2D eigenvalue weighted by atomic mass is 32.2. The molecule has 3 aromatic heterocycles. The van der Waals surface area contributed by atoms with Crippen molar-refractivity contribution in [1.82, 2.24) is 19.6 Å². The number of carboxylic acid groups (broad SMARTS) is 1.